The number of aromatic nitrogens is 1. The summed E-state index contributed by atoms with van der Waals surface area (Å²) >= 11 is 0. The molecule has 0 spiro atoms. The van der Waals surface area contributed by atoms with Crippen molar-refractivity contribution in [3.63, 3.8) is 0 Å². The van der Waals surface area contributed by atoms with Gasteiger partial charge >= 0.3 is 5.97 Å². The summed E-state index contributed by atoms with van der Waals surface area (Å²) in [6.45, 7) is 4.93. The number of nitrogens with two attached hydrogens (primary N) is 1. The number of rotatable bonds is 4. The third kappa shape index (κ3) is 3.05. The number of hydrogen-bond donors (Lipinski definition) is 2. The Morgan fingerprint density at radius 3 is 2.59 bits per heavy atom. The van der Waals surface area contributed by atoms with Gasteiger partial charge < -0.3 is 15.6 Å². The molecule has 0 aliphatic heterocycles. The normalized spacial score (nSPS) is 17.6. The Morgan fingerprint density at radius 1 is 1.41 bits per heavy atom. The second kappa shape index (κ2) is 6.37. The molecule has 0 radical (unpaired) electrons. The minimum absolute atomic E-state index is 0.0660. The van der Waals surface area contributed by atoms with Crippen molar-refractivity contribution >= 4 is 11.8 Å². The van der Waals surface area contributed by atoms with Crippen LogP contribution in [-0.4, -0.2) is 28.2 Å². The highest BCUT2D eigenvalue weighted by Crippen LogP contribution is 2.55. The van der Waals surface area contributed by atoms with Crippen LogP contribution in [0.1, 0.15) is 46.3 Å². The van der Waals surface area contributed by atoms with E-state index in [0.29, 0.717) is 11.1 Å². The van der Waals surface area contributed by atoms with Gasteiger partial charge in [0.15, 0.2) is 0 Å². The third-order valence-corrected chi connectivity index (χ3v) is 4.79. The van der Waals surface area contributed by atoms with Crippen molar-refractivity contribution < 1.29 is 23.4 Å². The number of pyridine rings is 1. The highest BCUT2D eigenvalue weighted by Gasteiger charge is 2.59. The molecule has 3 rings (SSSR count). The summed E-state index contributed by atoms with van der Waals surface area (Å²) in [5.74, 6) is -5.38. The van der Waals surface area contributed by atoms with Gasteiger partial charge in [-0.05, 0) is 38.5 Å². The molecule has 1 aromatic heterocycles. The number of hydrogen-bond acceptors (Lipinski definition) is 5. The van der Waals surface area contributed by atoms with E-state index in [1.54, 1.807) is 26.8 Å². The number of aromatic hydroxyl groups is 1. The molecule has 3 N–H and O–H groups in total. The van der Waals surface area contributed by atoms with E-state index in [0.717, 1.165) is 10.6 Å². The number of ether oxygens (including phenoxy) is 1. The maximum atomic E-state index is 13.7. The summed E-state index contributed by atoms with van der Waals surface area (Å²) in [5.41, 5.74) is 6.19. The number of carbonyl (C=O) groups is 1. The standard InChI is InChI=1S/C19H20F2N2O4/c1-4-27-18(26)12-7-11(13-8-19(13,20)21)17(25)23(16(12)22)15-9(2)5-6-14(24)10(15)3/h5-7,13,24H,4,8,22H2,1-3H3. The van der Waals surface area contributed by atoms with Gasteiger partial charge in [-0.2, -0.15) is 0 Å². The van der Waals surface area contributed by atoms with Gasteiger partial charge in [-0.25, -0.2) is 13.6 Å². The molecule has 1 fully saturated rings. The van der Waals surface area contributed by atoms with E-state index in [-0.39, 0.29) is 35.0 Å². The van der Waals surface area contributed by atoms with Crippen molar-refractivity contribution in [1.82, 2.24) is 4.57 Å². The lowest BCUT2D eigenvalue weighted by molar-refractivity contribution is 0.0526. The number of nitrogens with zero attached hydrogens (tertiary/aromatic N) is 1. The molecule has 1 aliphatic rings. The molecule has 8 heteroatoms. The van der Waals surface area contributed by atoms with Gasteiger partial charge in [-0.1, -0.05) is 6.07 Å². The molecule has 1 atom stereocenters. The third-order valence-electron chi connectivity index (χ3n) is 4.79. The van der Waals surface area contributed by atoms with Crippen molar-refractivity contribution in [2.45, 2.75) is 39.0 Å². The summed E-state index contributed by atoms with van der Waals surface area (Å²) in [6.07, 6.45) is -0.466. The largest absolute Gasteiger partial charge is 0.508 e. The molecule has 144 valence electrons. The summed E-state index contributed by atoms with van der Waals surface area (Å²) < 4.78 is 33.3. The first-order valence-electron chi connectivity index (χ1n) is 8.50. The Kier molecular flexibility index (Phi) is 4.45. The first-order valence-corrected chi connectivity index (χ1v) is 8.50. The number of halogens is 2. The number of carbonyl (C=O) groups excluding carboxylic acids is 1. The fourth-order valence-electron chi connectivity index (χ4n) is 3.21. The molecular formula is C19H20F2N2O4. The van der Waals surface area contributed by atoms with Gasteiger partial charge in [0.05, 0.1) is 18.2 Å². The average molecular weight is 378 g/mol. The fourth-order valence-corrected chi connectivity index (χ4v) is 3.21. The van der Waals surface area contributed by atoms with Gasteiger partial charge in [0.25, 0.3) is 11.5 Å². The molecule has 0 saturated heterocycles. The summed E-state index contributed by atoms with van der Waals surface area (Å²) in [7, 11) is 0. The molecule has 1 saturated carbocycles. The van der Waals surface area contributed by atoms with Crippen molar-refractivity contribution in [2.75, 3.05) is 12.3 Å². The molecule has 1 aliphatic carbocycles. The van der Waals surface area contributed by atoms with Crippen LogP contribution in [0.4, 0.5) is 14.6 Å². The average Bonchev–Trinajstić information content (AvgIpc) is 3.22. The van der Waals surface area contributed by atoms with E-state index in [9.17, 15) is 23.5 Å². The first kappa shape index (κ1) is 18.9. The van der Waals surface area contributed by atoms with E-state index < -0.39 is 29.8 Å². The van der Waals surface area contributed by atoms with Crippen molar-refractivity contribution in [2.24, 2.45) is 0 Å². The lowest BCUT2D eigenvalue weighted by Gasteiger charge is -2.19. The second-order valence-electron chi connectivity index (χ2n) is 6.65. The van der Waals surface area contributed by atoms with Crippen LogP contribution in [-0.2, 0) is 4.74 Å². The minimum Gasteiger partial charge on any atom is -0.508 e. The van der Waals surface area contributed by atoms with Gasteiger partial charge in [0.2, 0.25) is 0 Å². The van der Waals surface area contributed by atoms with Gasteiger partial charge in [-0.3, -0.25) is 9.36 Å². The molecule has 2 aromatic rings. The smallest absolute Gasteiger partial charge is 0.341 e. The fraction of sp³-hybridized carbons (Fsp3) is 0.368. The number of alkyl halides is 2. The maximum absolute atomic E-state index is 13.7. The summed E-state index contributed by atoms with van der Waals surface area (Å²) in [5, 5.41) is 10.0. The number of esters is 1. The molecule has 6 nitrogen and oxygen atoms in total. The Labute approximate surface area is 154 Å². The Balaban J connectivity index is 2.36. The van der Waals surface area contributed by atoms with E-state index in [1.165, 1.54) is 6.07 Å². The lowest BCUT2D eigenvalue weighted by atomic mass is 10.0. The highest BCUT2D eigenvalue weighted by atomic mass is 19.3. The van der Waals surface area contributed by atoms with Gasteiger partial charge in [0, 0.05) is 17.5 Å². The molecule has 1 heterocycles. The molecule has 27 heavy (non-hydrogen) atoms. The van der Waals surface area contributed by atoms with E-state index in [2.05, 4.69) is 0 Å². The van der Waals surface area contributed by atoms with Crippen LogP contribution in [0.3, 0.4) is 0 Å². The first-order chi connectivity index (χ1) is 12.6. The predicted octanol–water partition coefficient (Wildman–Crippen LogP) is 3.04. The molecular weight excluding hydrogens is 358 g/mol. The Morgan fingerprint density at radius 2 is 2.04 bits per heavy atom. The molecule has 0 bridgehead atoms. The van der Waals surface area contributed by atoms with E-state index in [1.807, 2.05) is 0 Å². The van der Waals surface area contributed by atoms with Crippen LogP contribution >= 0.6 is 0 Å². The number of nitrogen functional groups attached to an aromatic ring is 1. The minimum atomic E-state index is -3.00. The van der Waals surface area contributed by atoms with Crippen LogP contribution in [0.25, 0.3) is 5.69 Å². The van der Waals surface area contributed by atoms with E-state index in [4.69, 9.17) is 10.5 Å². The lowest BCUT2D eigenvalue weighted by Crippen LogP contribution is -2.29. The second-order valence-corrected chi connectivity index (χ2v) is 6.65. The monoisotopic (exact) mass is 378 g/mol. The quantitative estimate of drug-likeness (QED) is 0.798. The van der Waals surface area contributed by atoms with Crippen LogP contribution in [0.2, 0.25) is 0 Å². The summed E-state index contributed by atoms with van der Waals surface area (Å²) in [4.78, 5) is 25.3. The Hall–Kier alpha value is -2.90. The predicted molar refractivity (Wildman–Crippen MR) is 95.9 cm³/mol. The Bertz CT molecular complexity index is 998. The van der Waals surface area contributed by atoms with Crippen molar-refractivity contribution in [3.8, 4) is 11.4 Å². The molecule has 0 amide bonds. The van der Waals surface area contributed by atoms with Crippen LogP contribution in [0.15, 0.2) is 23.0 Å². The van der Waals surface area contributed by atoms with Crippen molar-refractivity contribution in [1.29, 1.82) is 0 Å². The number of anilines is 1. The zero-order chi connectivity index (χ0) is 20.1. The summed E-state index contributed by atoms with van der Waals surface area (Å²) in [6, 6.07) is 4.14. The number of aryl methyl sites for hydroxylation is 1. The zero-order valence-corrected chi connectivity index (χ0v) is 15.2. The van der Waals surface area contributed by atoms with E-state index >= 15 is 0 Å². The van der Waals surface area contributed by atoms with Crippen LogP contribution in [0, 0.1) is 13.8 Å². The highest BCUT2D eigenvalue weighted by molar-refractivity contribution is 5.95. The molecule has 1 aromatic carbocycles. The number of phenolic OH excluding ortho intramolecular Hbond substituents is 1. The zero-order valence-electron chi connectivity index (χ0n) is 15.2. The number of benzene rings is 1. The van der Waals surface area contributed by atoms with Crippen molar-refractivity contribution in [3.05, 3.63) is 50.8 Å². The topological polar surface area (TPSA) is 94.5 Å². The van der Waals surface area contributed by atoms with Gasteiger partial charge in [-0.15, -0.1) is 0 Å². The van der Waals surface area contributed by atoms with Crippen LogP contribution in [0.5, 0.6) is 5.75 Å². The molecule has 1 unspecified atom stereocenters. The maximum Gasteiger partial charge on any atom is 0.341 e. The van der Waals surface area contributed by atoms with Gasteiger partial charge in [0.1, 0.15) is 17.1 Å². The number of phenols is 1. The van der Waals surface area contributed by atoms with Crippen LogP contribution < -0.4 is 11.3 Å². The SMILES string of the molecule is CCOC(=O)c1cc(C2CC2(F)F)c(=O)n(-c2c(C)ccc(O)c2C)c1N.